The van der Waals surface area contributed by atoms with Gasteiger partial charge in [-0.3, -0.25) is 4.21 Å². The molecule has 0 bridgehead atoms. The van der Waals surface area contributed by atoms with E-state index in [-0.39, 0.29) is 0 Å². The lowest BCUT2D eigenvalue weighted by Gasteiger charge is -2.36. The van der Waals surface area contributed by atoms with Gasteiger partial charge in [0.2, 0.25) is 0 Å². The van der Waals surface area contributed by atoms with E-state index < -0.39 is 10.8 Å². The van der Waals surface area contributed by atoms with Gasteiger partial charge in [-0.2, -0.15) is 0 Å². The third-order valence-electron chi connectivity index (χ3n) is 5.16. The minimum atomic E-state index is -0.613. The first kappa shape index (κ1) is 15.5. The van der Waals surface area contributed by atoms with Gasteiger partial charge in [-0.15, -0.1) is 0 Å². The summed E-state index contributed by atoms with van der Waals surface area (Å²) in [7, 11) is -0.613. The van der Waals surface area contributed by atoms with Crippen LogP contribution in [-0.2, 0) is 10.8 Å². The van der Waals surface area contributed by atoms with Crippen molar-refractivity contribution >= 4 is 10.8 Å². The Hall–Kier alpha value is 0.110. The Labute approximate surface area is 121 Å². The minimum absolute atomic E-state index is 0.416. The Kier molecular flexibility index (Phi) is 6.34. The Balaban J connectivity index is 1.92. The molecule has 0 saturated heterocycles. The van der Waals surface area contributed by atoms with Crippen molar-refractivity contribution in [2.45, 2.75) is 76.5 Å². The van der Waals surface area contributed by atoms with Gasteiger partial charge in [-0.25, -0.2) is 0 Å². The molecule has 0 amide bonds. The lowest BCUT2D eigenvalue weighted by molar-refractivity contribution is 0.294. The molecule has 0 aromatic heterocycles. The molecule has 112 valence electrons. The third-order valence-corrected chi connectivity index (χ3v) is 7.15. The summed E-state index contributed by atoms with van der Waals surface area (Å²) in [5, 5.41) is 4.01. The SMILES string of the molecule is CCNC1CCC(CC)CC1S(=O)CC1CCCC1. The largest absolute Gasteiger partial charge is 0.313 e. The maximum atomic E-state index is 12.8. The van der Waals surface area contributed by atoms with Gasteiger partial charge >= 0.3 is 0 Å². The molecule has 2 fully saturated rings. The smallest absolute Gasteiger partial charge is 0.0503 e. The summed E-state index contributed by atoms with van der Waals surface area (Å²) >= 11 is 0. The van der Waals surface area contributed by atoms with E-state index in [1.54, 1.807) is 0 Å². The van der Waals surface area contributed by atoms with E-state index in [0.29, 0.717) is 11.3 Å². The van der Waals surface area contributed by atoms with Crippen LogP contribution >= 0.6 is 0 Å². The van der Waals surface area contributed by atoms with Crippen molar-refractivity contribution in [3.8, 4) is 0 Å². The Morgan fingerprint density at radius 3 is 2.42 bits per heavy atom. The van der Waals surface area contributed by atoms with Crippen molar-refractivity contribution < 1.29 is 4.21 Å². The maximum Gasteiger partial charge on any atom is 0.0503 e. The van der Waals surface area contributed by atoms with Crippen LogP contribution in [0.2, 0.25) is 0 Å². The monoisotopic (exact) mass is 285 g/mol. The summed E-state index contributed by atoms with van der Waals surface area (Å²) in [5.74, 6) is 2.54. The van der Waals surface area contributed by atoms with Crippen LogP contribution in [-0.4, -0.2) is 27.8 Å². The fraction of sp³-hybridized carbons (Fsp3) is 1.00. The van der Waals surface area contributed by atoms with E-state index >= 15 is 0 Å². The molecule has 1 N–H and O–H groups in total. The molecular weight excluding hydrogens is 254 g/mol. The van der Waals surface area contributed by atoms with Gasteiger partial charge in [0.25, 0.3) is 0 Å². The molecule has 0 aliphatic heterocycles. The lowest BCUT2D eigenvalue weighted by atomic mass is 9.84. The molecule has 2 saturated carbocycles. The average molecular weight is 285 g/mol. The molecule has 0 aromatic carbocycles. The summed E-state index contributed by atoms with van der Waals surface area (Å²) in [4.78, 5) is 0. The van der Waals surface area contributed by atoms with Crippen LogP contribution in [0.5, 0.6) is 0 Å². The molecule has 3 heteroatoms. The van der Waals surface area contributed by atoms with Crippen LogP contribution in [0.3, 0.4) is 0 Å². The highest BCUT2D eigenvalue weighted by molar-refractivity contribution is 7.85. The van der Waals surface area contributed by atoms with Crippen LogP contribution in [0, 0.1) is 11.8 Å². The highest BCUT2D eigenvalue weighted by Crippen LogP contribution is 2.32. The van der Waals surface area contributed by atoms with E-state index in [2.05, 4.69) is 19.2 Å². The van der Waals surface area contributed by atoms with Gasteiger partial charge in [0.15, 0.2) is 0 Å². The van der Waals surface area contributed by atoms with E-state index in [9.17, 15) is 4.21 Å². The van der Waals surface area contributed by atoms with Crippen molar-refractivity contribution in [2.24, 2.45) is 11.8 Å². The Morgan fingerprint density at radius 1 is 1.05 bits per heavy atom. The zero-order valence-electron chi connectivity index (χ0n) is 12.7. The van der Waals surface area contributed by atoms with E-state index in [0.717, 1.165) is 24.1 Å². The molecule has 2 nitrogen and oxygen atoms in total. The molecule has 0 aromatic rings. The van der Waals surface area contributed by atoms with E-state index in [1.807, 2.05) is 0 Å². The predicted molar refractivity (Wildman–Crippen MR) is 83.9 cm³/mol. The molecule has 2 aliphatic carbocycles. The minimum Gasteiger partial charge on any atom is -0.313 e. The van der Waals surface area contributed by atoms with Gasteiger partial charge in [0.05, 0.1) is 5.25 Å². The van der Waals surface area contributed by atoms with E-state index in [4.69, 9.17) is 0 Å². The van der Waals surface area contributed by atoms with Crippen LogP contribution in [0.4, 0.5) is 0 Å². The second-order valence-electron chi connectivity index (χ2n) is 6.49. The van der Waals surface area contributed by atoms with Crippen LogP contribution in [0.25, 0.3) is 0 Å². The fourth-order valence-electron chi connectivity index (χ4n) is 3.90. The number of rotatable bonds is 6. The predicted octanol–water partition coefficient (Wildman–Crippen LogP) is 3.48. The van der Waals surface area contributed by atoms with Crippen molar-refractivity contribution in [1.82, 2.24) is 5.32 Å². The molecule has 0 radical (unpaired) electrons. The van der Waals surface area contributed by atoms with Crippen molar-refractivity contribution in [3.63, 3.8) is 0 Å². The van der Waals surface area contributed by atoms with Crippen LogP contribution < -0.4 is 5.32 Å². The highest BCUT2D eigenvalue weighted by Gasteiger charge is 2.34. The first-order chi connectivity index (χ1) is 9.24. The third kappa shape index (κ3) is 4.29. The van der Waals surface area contributed by atoms with Gasteiger partial charge in [-0.05, 0) is 50.5 Å². The Morgan fingerprint density at radius 2 is 1.79 bits per heavy atom. The van der Waals surface area contributed by atoms with Crippen LogP contribution in [0.1, 0.15) is 65.2 Å². The average Bonchev–Trinajstić information content (AvgIpc) is 2.92. The fourth-order valence-corrected chi connectivity index (χ4v) is 6.03. The van der Waals surface area contributed by atoms with Crippen molar-refractivity contribution in [2.75, 3.05) is 12.3 Å². The summed E-state index contributed by atoms with van der Waals surface area (Å²) in [6, 6.07) is 0.509. The molecule has 0 heterocycles. The van der Waals surface area contributed by atoms with Crippen molar-refractivity contribution in [1.29, 1.82) is 0 Å². The quantitative estimate of drug-likeness (QED) is 0.809. The summed E-state index contributed by atoms with van der Waals surface area (Å²) < 4.78 is 12.8. The topological polar surface area (TPSA) is 29.1 Å². The molecule has 4 unspecified atom stereocenters. The molecule has 2 rings (SSSR count). The molecule has 4 atom stereocenters. The number of hydrogen-bond donors (Lipinski definition) is 1. The molecule has 0 spiro atoms. The van der Waals surface area contributed by atoms with Crippen LogP contribution in [0.15, 0.2) is 0 Å². The Bertz CT molecular complexity index is 288. The second kappa shape index (κ2) is 7.78. The maximum absolute atomic E-state index is 12.8. The lowest BCUT2D eigenvalue weighted by Crippen LogP contribution is -2.47. The van der Waals surface area contributed by atoms with Gasteiger partial charge < -0.3 is 5.32 Å². The van der Waals surface area contributed by atoms with Gasteiger partial charge in [-0.1, -0.05) is 33.1 Å². The zero-order chi connectivity index (χ0) is 13.7. The van der Waals surface area contributed by atoms with Crippen molar-refractivity contribution in [3.05, 3.63) is 0 Å². The molecular formula is C16H31NOS. The zero-order valence-corrected chi connectivity index (χ0v) is 13.5. The second-order valence-corrected chi connectivity index (χ2v) is 8.19. The van der Waals surface area contributed by atoms with Gasteiger partial charge in [0, 0.05) is 22.6 Å². The van der Waals surface area contributed by atoms with Gasteiger partial charge in [0.1, 0.15) is 0 Å². The first-order valence-corrected chi connectivity index (χ1v) is 9.73. The van der Waals surface area contributed by atoms with E-state index in [1.165, 1.54) is 51.4 Å². The standard InChI is InChI=1S/C16H31NOS/c1-3-13-9-10-15(17-4-2)16(11-13)19(18)12-14-7-5-6-8-14/h13-17H,3-12H2,1-2H3. The number of hydrogen-bond acceptors (Lipinski definition) is 2. The summed E-state index contributed by atoms with van der Waals surface area (Å²) in [6.07, 6.45) is 10.4. The summed E-state index contributed by atoms with van der Waals surface area (Å²) in [5.41, 5.74) is 0. The highest BCUT2D eigenvalue weighted by atomic mass is 32.2. The summed E-state index contributed by atoms with van der Waals surface area (Å²) in [6.45, 7) is 5.47. The molecule has 2 aliphatic rings. The molecule has 19 heavy (non-hydrogen) atoms. The number of nitrogens with one attached hydrogen (secondary N) is 1. The normalized spacial score (nSPS) is 34.5. The first-order valence-electron chi connectivity index (χ1n) is 8.35.